The van der Waals surface area contributed by atoms with Crippen LogP contribution in [0.3, 0.4) is 0 Å². The lowest BCUT2D eigenvalue weighted by molar-refractivity contribution is -0.149. The molecule has 0 amide bonds. The third kappa shape index (κ3) is 6.12. The van der Waals surface area contributed by atoms with Crippen LogP contribution in [0, 0.1) is 0 Å². The number of carbonyl (C=O) groups excluding carboxylic acids is 1. The van der Waals surface area contributed by atoms with Crippen LogP contribution in [0.2, 0.25) is 0 Å². The van der Waals surface area contributed by atoms with Gasteiger partial charge < -0.3 is 24.2 Å². The topological polar surface area (TPSA) is 178 Å². The Morgan fingerprint density at radius 3 is 2.56 bits per heavy atom. The molecule has 5 atom stereocenters. The lowest BCUT2D eigenvalue weighted by Gasteiger charge is -2.30. The van der Waals surface area contributed by atoms with Crippen molar-refractivity contribution < 1.29 is 38.1 Å². The zero-order valence-electron chi connectivity index (χ0n) is 20.2. The van der Waals surface area contributed by atoms with Crippen LogP contribution in [-0.4, -0.2) is 62.3 Å². The van der Waals surface area contributed by atoms with Crippen molar-refractivity contribution >= 4 is 13.7 Å². The molecule has 0 aliphatic carbocycles. The summed E-state index contributed by atoms with van der Waals surface area (Å²) in [4.78, 5) is 38.0. The Morgan fingerprint density at radius 1 is 1.28 bits per heavy atom. The second kappa shape index (κ2) is 10.7. The zero-order chi connectivity index (χ0) is 26.7. The molecule has 1 aliphatic heterocycles. The van der Waals surface area contributed by atoms with E-state index >= 15 is 0 Å². The first-order chi connectivity index (χ1) is 16.8. The van der Waals surface area contributed by atoms with E-state index in [1.165, 1.54) is 32.9 Å². The van der Waals surface area contributed by atoms with Gasteiger partial charge in [0.25, 0.3) is 5.56 Å². The Balaban J connectivity index is 1.84. The summed E-state index contributed by atoms with van der Waals surface area (Å²) in [6.07, 6.45) is -3.15. The van der Waals surface area contributed by atoms with Crippen molar-refractivity contribution in [3.05, 3.63) is 63.4 Å². The molecule has 13 nitrogen and oxygen atoms in total. The van der Waals surface area contributed by atoms with Crippen molar-refractivity contribution in [1.29, 1.82) is 0 Å². The van der Waals surface area contributed by atoms with Crippen LogP contribution in [-0.2, 0) is 23.4 Å². The van der Waals surface area contributed by atoms with Crippen LogP contribution in [0.1, 0.15) is 33.9 Å². The van der Waals surface area contributed by atoms with E-state index in [2.05, 4.69) is 5.09 Å². The summed E-state index contributed by atoms with van der Waals surface area (Å²) in [7, 11) is -4.31. The summed E-state index contributed by atoms with van der Waals surface area (Å²) < 4.78 is 36.5. The fourth-order valence-corrected chi connectivity index (χ4v) is 5.24. The molecule has 1 aromatic carbocycles. The number of nitrogens with one attached hydrogen (secondary N) is 2. The second-order valence-corrected chi connectivity index (χ2v) is 10.5. The van der Waals surface area contributed by atoms with Crippen LogP contribution in [0.4, 0.5) is 0 Å². The van der Waals surface area contributed by atoms with Crippen molar-refractivity contribution in [1.82, 2.24) is 14.6 Å². The fourth-order valence-electron chi connectivity index (χ4n) is 3.56. The number of hydrogen-bond acceptors (Lipinski definition) is 10. The molecule has 4 N–H and O–H groups in total. The first kappa shape index (κ1) is 27.8. The number of para-hydroxylation sites is 1. The predicted molar refractivity (Wildman–Crippen MR) is 126 cm³/mol. The lowest BCUT2D eigenvalue weighted by atomic mass is 9.96. The number of aromatic amines is 1. The number of rotatable bonds is 10. The highest BCUT2D eigenvalue weighted by molar-refractivity contribution is 7.52. The fraction of sp³-hybridized carbons (Fsp3) is 0.500. The number of H-pyrrole nitrogens is 1. The summed E-state index contributed by atoms with van der Waals surface area (Å²) in [5, 5.41) is 24.1. The van der Waals surface area contributed by atoms with Gasteiger partial charge >= 0.3 is 19.4 Å². The van der Waals surface area contributed by atoms with Crippen LogP contribution in [0.5, 0.6) is 5.75 Å². The third-order valence-corrected chi connectivity index (χ3v) is 7.21. The van der Waals surface area contributed by atoms with E-state index in [4.69, 9.17) is 18.5 Å². The molecule has 1 aliphatic rings. The van der Waals surface area contributed by atoms with E-state index in [-0.39, 0.29) is 12.4 Å². The SMILES string of the molecule is CCOC(=O)C(C)(C)NP(=O)(OC[C@H]1O[C@@H](n2ccc(=O)[nH]c2=O)[C@](C)(O)[C@@H]1O)Oc1ccccc1. The molecule has 2 heterocycles. The minimum atomic E-state index is -4.31. The molecule has 1 saturated heterocycles. The first-order valence-electron chi connectivity index (χ1n) is 11.1. The standard InChI is InChI=1S/C22H30N3O10P/c1-5-32-19(28)21(2,3)24-36(31,35-14-9-7-6-8-10-14)33-13-15-17(27)22(4,30)18(34-15)25-12-11-16(26)23-20(25)29/h6-12,15,17-18,27,30H,5,13H2,1-4H3,(H,24,31)(H,23,26,29)/t15-,17-,18-,22-,36?/m1/s1. The van der Waals surface area contributed by atoms with Gasteiger partial charge in [-0.25, -0.2) is 9.36 Å². The van der Waals surface area contributed by atoms with Gasteiger partial charge in [-0.2, -0.15) is 5.09 Å². The monoisotopic (exact) mass is 527 g/mol. The number of ether oxygens (including phenoxy) is 2. The minimum absolute atomic E-state index is 0.0946. The Hall–Kier alpha value is -2.80. The highest BCUT2D eigenvalue weighted by Crippen LogP contribution is 2.48. The van der Waals surface area contributed by atoms with Gasteiger partial charge in [-0.15, -0.1) is 0 Å². The normalized spacial score (nSPS) is 25.8. The predicted octanol–water partition coefficient (Wildman–Crippen LogP) is 0.681. The van der Waals surface area contributed by atoms with Gasteiger partial charge in [-0.05, 0) is 39.8 Å². The maximum Gasteiger partial charge on any atom is 0.459 e. The highest BCUT2D eigenvalue weighted by atomic mass is 31.2. The molecular formula is C22H30N3O10P. The quantitative estimate of drug-likeness (QED) is 0.252. The number of hydrogen-bond donors (Lipinski definition) is 4. The molecule has 2 aromatic rings. The number of benzene rings is 1. The molecule has 36 heavy (non-hydrogen) atoms. The number of esters is 1. The molecule has 198 valence electrons. The van der Waals surface area contributed by atoms with Crippen LogP contribution < -0.4 is 20.9 Å². The average Bonchev–Trinajstić information content (AvgIpc) is 3.01. The number of aliphatic hydroxyl groups excluding tert-OH is 1. The highest BCUT2D eigenvalue weighted by Gasteiger charge is 2.54. The Kier molecular flexibility index (Phi) is 8.23. The van der Waals surface area contributed by atoms with Crippen LogP contribution in [0.15, 0.2) is 52.2 Å². The van der Waals surface area contributed by atoms with E-state index in [1.54, 1.807) is 25.1 Å². The van der Waals surface area contributed by atoms with E-state index in [9.17, 15) is 29.2 Å². The van der Waals surface area contributed by atoms with Gasteiger partial charge in [0.05, 0.1) is 13.2 Å². The van der Waals surface area contributed by atoms with Crippen molar-refractivity contribution in [2.24, 2.45) is 0 Å². The summed E-state index contributed by atoms with van der Waals surface area (Å²) in [6, 6.07) is 9.12. The molecule has 1 unspecified atom stereocenters. The van der Waals surface area contributed by atoms with Crippen molar-refractivity contribution in [3.8, 4) is 5.75 Å². The van der Waals surface area contributed by atoms with Crippen LogP contribution >= 0.6 is 7.75 Å². The van der Waals surface area contributed by atoms with Gasteiger partial charge in [0, 0.05) is 12.3 Å². The van der Waals surface area contributed by atoms with Gasteiger partial charge in [0.2, 0.25) is 0 Å². The van der Waals surface area contributed by atoms with E-state index in [0.717, 1.165) is 16.8 Å². The van der Waals surface area contributed by atoms with Gasteiger partial charge in [0.1, 0.15) is 29.1 Å². The van der Waals surface area contributed by atoms with E-state index in [1.807, 2.05) is 4.98 Å². The maximum absolute atomic E-state index is 13.7. The smallest absolute Gasteiger partial charge is 0.459 e. The van der Waals surface area contributed by atoms with Gasteiger partial charge in [-0.3, -0.25) is 23.7 Å². The Bertz CT molecular complexity index is 1230. The van der Waals surface area contributed by atoms with E-state index in [0.29, 0.717) is 0 Å². The first-order valence-corrected chi connectivity index (χ1v) is 12.7. The molecule has 0 radical (unpaired) electrons. The Labute approximate surface area is 206 Å². The molecule has 3 rings (SSSR count). The largest absolute Gasteiger partial charge is 0.465 e. The number of aliphatic hydroxyl groups is 2. The lowest BCUT2D eigenvalue weighted by Crippen LogP contribution is -2.48. The molecule has 0 saturated carbocycles. The summed E-state index contributed by atoms with van der Waals surface area (Å²) >= 11 is 0. The molecule has 0 spiro atoms. The molecule has 1 aromatic heterocycles. The Morgan fingerprint density at radius 2 is 1.94 bits per heavy atom. The van der Waals surface area contributed by atoms with Gasteiger partial charge in [0.15, 0.2) is 6.23 Å². The van der Waals surface area contributed by atoms with Gasteiger partial charge in [-0.1, -0.05) is 18.2 Å². The average molecular weight is 527 g/mol. The molecule has 1 fully saturated rings. The van der Waals surface area contributed by atoms with Crippen LogP contribution in [0.25, 0.3) is 0 Å². The summed E-state index contributed by atoms with van der Waals surface area (Å²) in [6.45, 7) is 5.25. The minimum Gasteiger partial charge on any atom is -0.465 e. The van der Waals surface area contributed by atoms with Crippen molar-refractivity contribution in [3.63, 3.8) is 0 Å². The number of aromatic nitrogens is 2. The molecular weight excluding hydrogens is 497 g/mol. The molecule has 14 heteroatoms. The maximum atomic E-state index is 13.7. The number of nitrogens with zero attached hydrogens (tertiary/aromatic N) is 1. The summed E-state index contributed by atoms with van der Waals surface area (Å²) in [5.74, 6) is -0.534. The molecule has 0 bridgehead atoms. The van der Waals surface area contributed by atoms with Crippen molar-refractivity contribution in [2.75, 3.05) is 13.2 Å². The third-order valence-electron chi connectivity index (χ3n) is 5.44. The summed E-state index contributed by atoms with van der Waals surface area (Å²) in [5.41, 5.74) is -4.99. The zero-order valence-corrected chi connectivity index (χ0v) is 21.1. The number of carbonyl (C=O) groups is 1. The van der Waals surface area contributed by atoms with E-state index < -0.39 is 61.1 Å². The second-order valence-electron chi connectivity index (χ2n) is 8.87. The van der Waals surface area contributed by atoms with Crippen molar-refractivity contribution in [2.45, 2.75) is 57.3 Å².